The van der Waals surface area contributed by atoms with Gasteiger partial charge in [0.05, 0.1) is 22.9 Å². The molecule has 0 spiro atoms. The number of aromatic nitrogens is 3. The molecule has 0 aliphatic carbocycles. The minimum absolute atomic E-state index is 0.0308. The second kappa shape index (κ2) is 5.57. The van der Waals surface area contributed by atoms with E-state index in [9.17, 15) is 15.2 Å². The van der Waals surface area contributed by atoms with E-state index < -0.39 is 4.92 Å². The number of nitro groups is 1. The van der Waals surface area contributed by atoms with E-state index in [1.54, 1.807) is 16.8 Å². The first-order valence-corrected chi connectivity index (χ1v) is 5.96. The molecule has 7 heteroatoms. The van der Waals surface area contributed by atoms with E-state index in [1.807, 2.05) is 6.92 Å². The lowest BCUT2D eigenvalue weighted by molar-refractivity contribution is -0.384. The van der Waals surface area contributed by atoms with Gasteiger partial charge in [-0.25, -0.2) is 4.68 Å². The fraction of sp³-hybridized carbons (Fsp3) is 0.333. The number of non-ortho nitro benzene ring substituents is 1. The highest BCUT2D eigenvalue weighted by atomic mass is 16.6. The first-order chi connectivity index (χ1) is 9.17. The van der Waals surface area contributed by atoms with Gasteiger partial charge in [-0.05, 0) is 18.6 Å². The predicted octanol–water partition coefficient (Wildman–Crippen LogP) is 1.62. The van der Waals surface area contributed by atoms with Gasteiger partial charge in [-0.2, -0.15) is 0 Å². The molecule has 7 nitrogen and oxygen atoms in total. The van der Waals surface area contributed by atoms with Crippen molar-refractivity contribution in [2.75, 3.05) is 0 Å². The maximum Gasteiger partial charge on any atom is 0.269 e. The third-order valence-corrected chi connectivity index (χ3v) is 2.79. The molecule has 0 fully saturated rings. The zero-order valence-electron chi connectivity index (χ0n) is 10.5. The largest absolute Gasteiger partial charge is 0.390 e. The highest BCUT2D eigenvalue weighted by molar-refractivity contribution is 5.41. The summed E-state index contributed by atoms with van der Waals surface area (Å²) in [6.07, 6.45) is 1.63. The number of hydrogen-bond acceptors (Lipinski definition) is 5. The van der Waals surface area contributed by atoms with Gasteiger partial charge in [0.15, 0.2) is 0 Å². The van der Waals surface area contributed by atoms with Gasteiger partial charge in [-0.1, -0.05) is 18.6 Å². The Balaban J connectivity index is 2.40. The van der Waals surface area contributed by atoms with Gasteiger partial charge >= 0.3 is 0 Å². The molecule has 2 rings (SSSR count). The highest BCUT2D eigenvalue weighted by Crippen LogP contribution is 2.18. The lowest BCUT2D eigenvalue weighted by Gasteiger charge is -2.06. The summed E-state index contributed by atoms with van der Waals surface area (Å²) in [5.74, 6) is 0. The Morgan fingerprint density at radius 2 is 2.05 bits per heavy atom. The van der Waals surface area contributed by atoms with Crippen molar-refractivity contribution >= 4 is 5.69 Å². The molecule has 19 heavy (non-hydrogen) atoms. The van der Waals surface area contributed by atoms with Gasteiger partial charge in [-0.3, -0.25) is 10.1 Å². The third kappa shape index (κ3) is 2.60. The summed E-state index contributed by atoms with van der Waals surface area (Å²) in [6, 6.07) is 6.08. The SMILES string of the molecule is CCCc1c(CO)nnn1-c1ccc([N+](=O)[O-])cc1. The van der Waals surface area contributed by atoms with Gasteiger partial charge < -0.3 is 5.11 Å². The van der Waals surface area contributed by atoms with E-state index in [4.69, 9.17) is 0 Å². The van der Waals surface area contributed by atoms with Crippen molar-refractivity contribution in [3.63, 3.8) is 0 Å². The number of rotatable bonds is 5. The number of aliphatic hydroxyl groups excluding tert-OH is 1. The van der Waals surface area contributed by atoms with E-state index in [1.165, 1.54) is 12.1 Å². The molecule has 0 saturated carbocycles. The number of benzene rings is 1. The Hall–Kier alpha value is -2.28. The van der Waals surface area contributed by atoms with Gasteiger partial charge in [0, 0.05) is 12.1 Å². The molecule has 0 saturated heterocycles. The molecule has 1 N–H and O–H groups in total. The van der Waals surface area contributed by atoms with Crippen LogP contribution in [0.1, 0.15) is 24.7 Å². The molecule has 0 atom stereocenters. The maximum absolute atomic E-state index is 10.6. The van der Waals surface area contributed by atoms with Gasteiger partial charge in [0.25, 0.3) is 5.69 Å². The van der Waals surface area contributed by atoms with Crippen molar-refractivity contribution in [3.8, 4) is 5.69 Å². The summed E-state index contributed by atoms with van der Waals surface area (Å²) in [7, 11) is 0. The van der Waals surface area contributed by atoms with E-state index in [-0.39, 0.29) is 12.3 Å². The van der Waals surface area contributed by atoms with Crippen LogP contribution in [0.25, 0.3) is 5.69 Å². The molecule has 0 aliphatic rings. The molecule has 0 amide bonds. The van der Waals surface area contributed by atoms with Crippen LogP contribution in [0.15, 0.2) is 24.3 Å². The Morgan fingerprint density at radius 1 is 1.37 bits per heavy atom. The summed E-state index contributed by atoms with van der Waals surface area (Å²) in [5.41, 5.74) is 2.10. The molecule has 1 aromatic heterocycles. The normalized spacial score (nSPS) is 10.6. The van der Waals surface area contributed by atoms with E-state index in [0.717, 1.165) is 18.5 Å². The van der Waals surface area contributed by atoms with Crippen molar-refractivity contribution in [2.24, 2.45) is 0 Å². The molecule has 100 valence electrons. The predicted molar refractivity (Wildman–Crippen MR) is 67.9 cm³/mol. The zero-order valence-corrected chi connectivity index (χ0v) is 10.5. The van der Waals surface area contributed by atoms with Crippen LogP contribution in [0.2, 0.25) is 0 Å². The highest BCUT2D eigenvalue weighted by Gasteiger charge is 2.13. The van der Waals surface area contributed by atoms with Crippen LogP contribution in [0.4, 0.5) is 5.69 Å². The summed E-state index contributed by atoms with van der Waals surface area (Å²) < 4.78 is 1.61. The molecular weight excluding hydrogens is 248 g/mol. The Bertz CT molecular complexity index is 577. The first-order valence-electron chi connectivity index (χ1n) is 5.96. The van der Waals surface area contributed by atoms with Crippen LogP contribution in [0, 0.1) is 10.1 Å². The van der Waals surface area contributed by atoms with Crippen molar-refractivity contribution in [1.82, 2.24) is 15.0 Å². The van der Waals surface area contributed by atoms with Crippen LogP contribution in [-0.4, -0.2) is 25.0 Å². The van der Waals surface area contributed by atoms with Gasteiger partial charge in [-0.15, -0.1) is 5.10 Å². The molecule has 0 radical (unpaired) electrons. The first kappa shape index (κ1) is 13.2. The minimum Gasteiger partial charge on any atom is -0.390 e. The molecule has 0 aliphatic heterocycles. The third-order valence-electron chi connectivity index (χ3n) is 2.79. The van der Waals surface area contributed by atoms with E-state index in [2.05, 4.69) is 10.3 Å². The van der Waals surface area contributed by atoms with Crippen molar-refractivity contribution in [3.05, 3.63) is 45.8 Å². The Morgan fingerprint density at radius 3 is 2.58 bits per heavy atom. The maximum atomic E-state index is 10.6. The number of aliphatic hydroxyl groups is 1. The van der Waals surface area contributed by atoms with Gasteiger partial charge in [0.1, 0.15) is 5.69 Å². The molecule has 2 aromatic rings. The standard InChI is InChI=1S/C12H14N4O3/c1-2-3-12-11(8-17)13-14-15(12)9-4-6-10(7-5-9)16(18)19/h4-7,17H,2-3,8H2,1H3. The number of nitrogens with zero attached hydrogens (tertiary/aromatic N) is 4. The lowest BCUT2D eigenvalue weighted by Crippen LogP contribution is -2.04. The molecule has 0 unspecified atom stereocenters. The topological polar surface area (TPSA) is 94.1 Å². The van der Waals surface area contributed by atoms with Crippen molar-refractivity contribution < 1.29 is 10.0 Å². The second-order valence-electron chi connectivity index (χ2n) is 4.08. The minimum atomic E-state index is -0.447. The van der Waals surface area contributed by atoms with Crippen molar-refractivity contribution in [2.45, 2.75) is 26.4 Å². The Labute approximate surface area is 109 Å². The Kier molecular flexibility index (Phi) is 3.86. The molecule has 0 bridgehead atoms. The van der Waals surface area contributed by atoms with Gasteiger partial charge in [0.2, 0.25) is 0 Å². The zero-order chi connectivity index (χ0) is 13.8. The fourth-order valence-corrected chi connectivity index (χ4v) is 1.87. The van der Waals surface area contributed by atoms with Crippen LogP contribution in [0.3, 0.4) is 0 Å². The summed E-state index contributed by atoms with van der Waals surface area (Å²) in [6.45, 7) is 1.86. The molecule has 1 heterocycles. The summed E-state index contributed by atoms with van der Waals surface area (Å²) in [5, 5.41) is 27.7. The van der Waals surface area contributed by atoms with E-state index >= 15 is 0 Å². The number of nitro benzene ring substituents is 1. The average Bonchev–Trinajstić information content (AvgIpc) is 2.82. The molecule has 1 aromatic carbocycles. The smallest absolute Gasteiger partial charge is 0.269 e. The van der Waals surface area contributed by atoms with Crippen LogP contribution < -0.4 is 0 Å². The van der Waals surface area contributed by atoms with Crippen LogP contribution in [-0.2, 0) is 13.0 Å². The second-order valence-corrected chi connectivity index (χ2v) is 4.08. The van der Waals surface area contributed by atoms with E-state index in [0.29, 0.717) is 11.4 Å². The van der Waals surface area contributed by atoms with Crippen LogP contribution >= 0.6 is 0 Å². The monoisotopic (exact) mass is 262 g/mol. The van der Waals surface area contributed by atoms with Crippen molar-refractivity contribution in [1.29, 1.82) is 0 Å². The average molecular weight is 262 g/mol. The lowest BCUT2D eigenvalue weighted by atomic mass is 10.2. The fourth-order valence-electron chi connectivity index (χ4n) is 1.87. The summed E-state index contributed by atoms with van der Waals surface area (Å²) >= 11 is 0. The number of hydrogen-bond donors (Lipinski definition) is 1. The summed E-state index contributed by atoms with van der Waals surface area (Å²) in [4.78, 5) is 10.2. The molecular formula is C12H14N4O3. The quantitative estimate of drug-likeness (QED) is 0.652. The van der Waals surface area contributed by atoms with Crippen LogP contribution in [0.5, 0.6) is 0 Å².